The first kappa shape index (κ1) is 14.9. The van der Waals surface area contributed by atoms with Gasteiger partial charge >= 0.3 is 5.97 Å². The predicted molar refractivity (Wildman–Crippen MR) is 73.0 cm³/mol. The number of rotatable bonds is 5. The number of nitrogens with one attached hydrogen (secondary N) is 3. The van der Waals surface area contributed by atoms with E-state index < -0.39 is 33.3 Å². The van der Waals surface area contributed by atoms with Gasteiger partial charge in [0.25, 0.3) is 0 Å². The van der Waals surface area contributed by atoms with Crippen molar-refractivity contribution >= 4 is 16.0 Å². The molecule has 0 aromatic heterocycles. The van der Waals surface area contributed by atoms with Crippen LogP contribution in [0.5, 0.6) is 0 Å². The second-order valence-corrected chi connectivity index (χ2v) is 6.52. The Balaban J connectivity index is 2.13. The molecule has 1 heterocycles. The Kier molecular flexibility index (Phi) is 4.39. The van der Waals surface area contributed by atoms with Crippen molar-refractivity contribution in [3.05, 3.63) is 35.9 Å². The van der Waals surface area contributed by atoms with Crippen molar-refractivity contribution in [3.63, 3.8) is 0 Å². The Hall–Kier alpha value is -1.48. The van der Waals surface area contributed by atoms with Crippen molar-refractivity contribution in [1.82, 2.24) is 15.6 Å². The minimum Gasteiger partial charge on any atom is -0.481 e. The van der Waals surface area contributed by atoms with Crippen LogP contribution in [-0.2, 0) is 14.8 Å². The lowest BCUT2D eigenvalue weighted by atomic mass is 10.1. The van der Waals surface area contributed by atoms with Crippen molar-refractivity contribution in [2.24, 2.45) is 5.92 Å². The molecule has 0 bridgehead atoms. The fourth-order valence-corrected chi connectivity index (χ4v) is 3.78. The fraction of sp³-hybridized carbons (Fsp3) is 0.417. The molecule has 1 aliphatic rings. The average molecular weight is 299 g/mol. The Morgan fingerprint density at radius 1 is 1.40 bits per heavy atom. The number of carboxylic acids is 1. The van der Waals surface area contributed by atoms with Gasteiger partial charge in [0.1, 0.15) is 5.92 Å². The molecule has 0 amide bonds. The van der Waals surface area contributed by atoms with Gasteiger partial charge in [-0.25, -0.2) is 18.6 Å². The number of sulfonamides is 1. The number of benzene rings is 1. The molecule has 8 heteroatoms. The van der Waals surface area contributed by atoms with Crippen LogP contribution in [0.25, 0.3) is 0 Å². The summed E-state index contributed by atoms with van der Waals surface area (Å²) in [5, 5.41) is 7.84. The quantitative estimate of drug-likeness (QED) is 0.600. The normalized spacial score (nSPS) is 24.4. The van der Waals surface area contributed by atoms with Gasteiger partial charge in [0, 0.05) is 12.6 Å². The van der Waals surface area contributed by atoms with Gasteiger partial charge in [-0.05, 0) is 12.5 Å². The molecule has 1 aromatic rings. The van der Waals surface area contributed by atoms with Crippen molar-refractivity contribution in [2.75, 3.05) is 6.54 Å². The minimum atomic E-state index is -3.81. The average Bonchev–Trinajstić information content (AvgIpc) is 2.89. The lowest BCUT2D eigenvalue weighted by molar-refractivity contribution is -0.140. The summed E-state index contributed by atoms with van der Waals surface area (Å²) in [6, 6.07) is 8.65. The molecule has 2 rings (SSSR count). The molecule has 3 atom stereocenters. The number of carboxylic acid groups (broad SMARTS) is 1. The molecular formula is C12H17N3O4S. The molecule has 0 radical (unpaired) electrons. The van der Waals surface area contributed by atoms with Crippen LogP contribution >= 0.6 is 0 Å². The highest BCUT2D eigenvalue weighted by molar-refractivity contribution is 7.90. The summed E-state index contributed by atoms with van der Waals surface area (Å²) in [6.45, 7) is 1.78. The second-order valence-electron chi connectivity index (χ2n) is 4.69. The van der Waals surface area contributed by atoms with Gasteiger partial charge in [-0.3, -0.25) is 10.2 Å². The van der Waals surface area contributed by atoms with Crippen molar-refractivity contribution in [3.8, 4) is 0 Å². The molecule has 0 aliphatic carbocycles. The first-order valence-electron chi connectivity index (χ1n) is 6.19. The monoisotopic (exact) mass is 299 g/mol. The van der Waals surface area contributed by atoms with Gasteiger partial charge in [-0.1, -0.05) is 30.3 Å². The highest BCUT2D eigenvalue weighted by Gasteiger charge is 2.42. The molecule has 0 spiro atoms. The standard InChI is InChI=1S/C12H17N3O4S/c1-8(9-5-3-2-4-6-9)15-20(18,19)11-10(12(16)17)7-13-14-11/h2-6,8,10-11,13-15H,7H2,1H3,(H,16,17). The van der Waals surface area contributed by atoms with E-state index in [2.05, 4.69) is 15.6 Å². The minimum absolute atomic E-state index is 0.0701. The molecule has 7 nitrogen and oxygen atoms in total. The van der Waals surface area contributed by atoms with Crippen LogP contribution in [0.3, 0.4) is 0 Å². The molecule has 1 saturated heterocycles. The largest absolute Gasteiger partial charge is 0.481 e. The van der Waals surface area contributed by atoms with Crippen LogP contribution in [0, 0.1) is 5.92 Å². The Morgan fingerprint density at radius 2 is 2.05 bits per heavy atom. The summed E-state index contributed by atoms with van der Waals surface area (Å²) in [7, 11) is -3.81. The zero-order valence-electron chi connectivity index (χ0n) is 10.9. The maximum atomic E-state index is 12.3. The summed E-state index contributed by atoms with van der Waals surface area (Å²) in [4.78, 5) is 11.0. The van der Waals surface area contributed by atoms with E-state index in [0.717, 1.165) is 5.56 Å². The van der Waals surface area contributed by atoms with E-state index in [1.165, 1.54) is 0 Å². The third-order valence-corrected chi connectivity index (χ3v) is 5.02. The molecular weight excluding hydrogens is 282 g/mol. The van der Waals surface area contributed by atoms with E-state index in [0.29, 0.717) is 0 Å². The maximum Gasteiger partial charge on any atom is 0.310 e. The highest BCUT2D eigenvalue weighted by atomic mass is 32.2. The van der Waals surface area contributed by atoms with Gasteiger partial charge in [-0.15, -0.1) is 0 Å². The van der Waals surface area contributed by atoms with E-state index in [4.69, 9.17) is 5.11 Å². The zero-order chi connectivity index (χ0) is 14.8. The molecule has 1 aromatic carbocycles. The number of carbonyl (C=O) groups is 1. The third kappa shape index (κ3) is 3.15. The Bertz CT molecular complexity index is 576. The molecule has 20 heavy (non-hydrogen) atoms. The summed E-state index contributed by atoms with van der Waals surface area (Å²) < 4.78 is 27.0. The zero-order valence-corrected chi connectivity index (χ0v) is 11.7. The second kappa shape index (κ2) is 5.88. The highest BCUT2D eigenvalue weighted by Crippen LogP contribution is 2.18. The van der Waals surface area contributed by atoms with Gasteiger partial charge in [-0.2, -0.15) is 0 Å². The summed E-state index contributed by atoms with van der Waals surface area (Å²) in [5.74, 6) is -2.17. The van der Waals surface area contributed by atoms with E-state index in [1.54, 1.807) is 6.92 Å². The van der Waals surface area contributed by atoms with Crippen LogP contribution in [0.15, 0.2) is 30.3 Å². The smallest absolute Gasteiger partial charge is 0.310 e. The van der Waals surface area contributed by atoms with Crippen molar-refractivity contribution in [2.45, 2.75) is 18.3 Å². The SMILES string of the molecule is CC(NS(=O)(=O)C1NNCC1C(=O)O)c1ccccc1. The summed E-state index contributed by atoms with van der Waals surface area (Å²) >= 11 is 0. The van der Waals surface area contributed by atoms with Crippen LogP contribution in [0.4, 0.5) is 0 Å². The lowest BCUT2D eigenvalue weighted by Gasteiger charge is -2.20. The Labute approximate surface area is 117 Å². The predicted octanol–water partition coefficient (Wildman–Crippen LogP) is -0.198. The van der Waals surface area contributed by atoms with Gasteiger partial charge in [0.2, 0.25) is 10.0 Å². The van der Waals surface area contributed by atoms with Crippen LogP contribution in [0.1, 0.15) is 18.5 Å². The fourth-order valence-electron chi connectivity index (χ4n) is 2.12. The first-order valence-corrected chi connectivity index (χ1v) is 7.74. The number of hydrogen-bond acceptors (Lipinski definition) is 5. The first-order chi connectivity index (χ1) is 9.42. The Morgan fingerprint density at radius 3 is 2.65 bits per heavy atom. The number of aliphatic carboxylic acids is 1. The van der Waals surface area contributed by atoms with Crippen molar-refractivity contribution in [1.29, 1.82) is 0 Å². The van der Waals surface area contributed by atoms with Gasteiger partial charge in [0.05, 0.1) is 0 Å². The molecule has 0 saturated carbocycles. The third-order valence-electron chi connectivity index (χ3n) is 3.22. The number of hydrogen-bond donors (Lipinski definition) is 4. The van der Waals surface area contributed by atoms with E-state index >= 15 is 0 Å². The van der Waals surface area contributed by atoms with E-state index in [9.17, 15) is 13.2 Å². The van der Waals surface area contributed by atoms with Gasteiger partial charge < -0.3 is 5.11 Å². The number of hydrazine groups is 1. The summed E-state index contributed by atoms with van der Waals surface area (Å²) in [6.07, 6.45) is 0. The lowest BCUT2D eigenvalue weighted by Crippen LogP contribution is -2.47. The van der Waals surface area contributed by atoms with Crippen LogP contribution in [0.2, 0.25) is 0 Å². The van der Waals surface area contributed by atoms with Crippen molar-refractivity contribution < 1.29 is 18.3 Å². The molecule has 1 fully saturated rings. The topological polar surface area (TPSA) is 108 Å². The van der Waals surface area contributed by atoms with Crippen LogP contribution < -0.4 is 15.6 Å². The molecule has 3 unspecified atom stereocenters. The summed E-state index contributed by atoms with van der Waals surface area (Å²) in [5.41, 5.74) is 5.89. The maximum absolute atomic E-state index is 12.3. The molecule has 4 N–H and O–H groups in total. The molecule has 1 aliphatic heterocycles. The van der Waals surface area contributed by atoms with Crippen LogP contribution in [-0.4, -0.2) is 31.4 Å². The van der Waals surface area contributed by atoms with E-state index in [1.807, 2.05) is 30.3 Å². The van der Waals surface area contributed by atoms with E-state index in [-0.39, 0.29) is 6.54 Å². The van der Waals surface area contributed by atoms with Gasteiger partial charge in [0.15, 0.2) is 5.37 Å². The molecule has 110 valence electrons.